The zero-order valence-corrected chi connectivity index (χ0v) is 13.3. The van der Waals surface area contributed by atoms with Gasteiger partial charge in [-0.1, -0.05) is 5.16 Å². The molecule has 1 N–H and O–H groups in total. The maximum atomic E-state index is 10.9. The smallest absolute Gasteiger partial charge is 0.309 e. The van der Waals surface area contributed by atoms with Crippen LogP contribution in [-0.2, 0) is 11.2 Å². The fraction of sp³-hybridized carbons (Fsp3) is 0.562. The van der Waals surface area contributed by atoms with Gasteiger partial charge in [0.2, 0.25) is 11.8 Å². The van der Waals surface area contributed by atoms with Gasteiger partial charge in [0.05, 0.1) is 12.1 Å². The molecule has 1 saturated heterocycles. The van der Waals surface area contributed by atoms with Gasteiger partial charge in [-0.05, 0) is 31.7 Å². The van der Waals surface area contributed by atoms with E-state index >= 15 is 0 Å². The second-order valence-electron chi connectivity index (χ2n) is 6.47. The van der Waals surface area contributed by atoms with Crippen molar-refractivity contribution in [2.24, 2.45) is 0 Å². The van der Waals surface area contributed by atoms with Crippen LogP contribution in [0, 0.1) is 0 Å². The molecule has 0 bridgehead atoms. The quantitative estimate of drug-likeness (QED) is 0.884. The predicted molar refractivity (Wildman–Crippen MR) is 83.8 cm³/mol. The second kappa shape index (κ2) is 6.18. The molecule has 0 aromatic carbocycles. The van der Waals surface area contributed by atoms with Crippen LogP contribution in [0.5, 0.6) is 0 Å². The molecule has 8 nitrogen and oxygen atoms in total. The van der Waals surface area contributed by atoms with Crippen LogP contribution in [0.3, 0.4) is 0 Å². The summed E-state index contributed by atoms with van der Waals surface area (Å²) in [5.41, 5.74) is 0.519. The molecule has 0 spiro atoms. The van der Waals surface area contributed by atoms with Crippen molar-refractivity contribution in [3.8, 4) is 0 Å². The molecule has 0 amide bonds. The number of rotatable bonds is 5. The molecule has 1 aliphatic carbocycles. The number of hydrogen-bond acceptors (Lipinski definition) is 7. The Bertz CT molecular complexity index is 743. The van der Waals surface area contributed by atoms with E-state index in [2.05, 4.69) is 25.0 Å². The van der Waals surface area contributed by atoms with Crippen molar-refractivity contribution >= 4 is 11.9 Å². The Morgan fingerprint density at radius 2 is 2.17 bits per heavy atom. The monoisotopic (exact) mass is 329 g/mol. The van der Waals surface area contributed by atoms with E-state index in [-0.39, 0.29) is 12.3 Å². The molecular formula is C16H19N5O3. The van der Waals surface area contributed by atoms with E-state index in [4.69, 9.17) is 9.63 Å². The lowest BCUT2D eigenvalue weighted by molar-refractivity contribution is -0.136. The summed E-state index contributed by atoms with van der Waals surface area (Å²) < 4.78 is 5.37. The van der Waals surface area contributed by atoms with E-state index in [1.54, 1.807) is 12.3 Å². The molecule has 2 fully saturated rings. The Morgan fingerprint density at radius 1 is 1.29 bits per heavy atom. The highest BCUT2D eigenvalue weighted by Gasteiger charge is 2.32. The lowest BCUT2D eigenvalue weighted by atomic mass is 9.97. The summed E-state index contributed by atoms with van der Waals surface area (Å²) in [6.07, 6.45) is 5.80. The third-order valence-corrected chi connectivity index (χ3v) is 4.49. The van der Waals surface area contributed by atoms with Gasteiger partial charge < -0.3 is 14.5 Å². The van der Waals surface area contributed by atoms with Crippen molar-refractivity contribution in [2.75, 3.05) is 18.0 Å². The van der Waals surface area contributed by atoms with Gasteiger partial charge >= 0.3 is 5.97 Å². The first kappa shape index (κ1) is 15.0. The van der Waals surface area contributed by atoms with Gasteiger partial charge in [-0.2, -0.15) is 4.98 Å². The maximum Gasteiger partial charge on any atom is 0.309 e. The van der Waals surface area contributed by atoms with Gasteiger partial charge in [0.25, 0.3) is 0 Å². The van der Waals surface area contributed by atoms with Gasteiger partial charge in [-0.3, -0.25) is 4.79 Å². The summed E-state index contributed by atoms with van der Waals surface area (Å²) in [6.45, 7) is 1.57. The minimum atomic E-state index is -0.893. The number of carbonyl (C=O) groups is 1. The molecule has 2 aliphatic rings. The third kappa shape index (κ3) is 3.22. The summed E-state index contributed by atoms with van der Waals surface area (Å²) in [5, 5.41) is 13.1. The first-order valence-corrected chi connectivity index (χ1v) is 8.31. The minimum absolute atomic E-state index is 0.0949. The standard InChI is InChI=1S/C16H19N5O3/c22-13(23)8-12-5-6-17-16(18-12)21-7-1-2-11(9-21)14-19-15(24-20-14)10-3-4-10/h5-6,10-11H,1-4,7-9H2,(H,22,23). The molecule has 8 heteroatoms. The first-order valence-electron chi connectivity index (χ1n) is 8.31. The summed E-state index contributed by atoms with van der Waals surface area (Å²) in [7, 11) is 0. The largest absolute Gasteiger partial charge is 0.481 e. The number of carboxylic acid groups (broad SMARTS) is 1. The topological polar surface area (TPSA) is 105 Å². The van der Waals surface area contributed by atoms with E-state index in [1.165, 1.54) is 0 Å². The van der Waals surface area contributed by atoms with Crippen LogP contribution < -0.4 is 4.90 Å². The van der Waals surface area contributed by atoms with Crippen molar-refractivity contribution in [2.45, 2.75) is 43.9 Å². The average molecular weight is 329 g/mol. The molecule has 24 heavy (non-hydrogen) atoms. The Hall–Kier alpha value is -2.51. The number of aliphatic carboxylic acids is 1. The Balaban J connectivity index is 1.48. The molecule has 2 aromatic rings. The van der Waals surface area contributed by atoms with Gasteiger partial charge in [-0.15, -0.1) is 0 Å². The van der Waals surface area contributed by atoms with Gasteiger partial charge in [0, 0.05) is 31.1 Å². The molecule has 126 valence electrons. The van der Waals surface area contributed by atoms with Crippen molar-refractivity contribution in [1.29, 1.82) is 0 Å². The Morgan fingerprint density at radius 3 is 2.96 bits per heavy atom. The zero-order valence-electron chi connectivity index (χ0n) is 13.3. The number of piperidine rings is 1. The highest BCUT2D eigenvalue weighted by Crippen LogP contribution is 2.39. The summed E-state index contributed by atoms with van der Waals surface area (Å²) in [6, 6.07) is 1.64. The van der Waals surface area contributed by atoms with Crippen LogP contribution in [0.25, 0.3) is 0 Å². The third-order valence-electron chi connectivity index (χ3n) is 4.49. The minimum Gasteiger partial charge on any atom is -0.481 e. The van der Waals surface area contributed by atoms with Crippen molar-refractivity contribution in [3.05, 3.63) is 29.7 Å². The first-order chi connectivity index (χ1) is 11.7. The van der Waals surface area contributed by atoms with Crippen LogP contribution in [0.2, 0.25) is 0 Å². The molecule has 3 heterocycles. The van der Waals surface area contributed by atoms with Crippen molar-refractivity contribution in [1.82, 2.24) is 20.1 Å². The SMILES string of the molecule is O=C(O)Cc1ccnc(N2CCCC(c3noc(C4CC4)n3)C2)n1. The van der Waals surface area contributed by atoms with Crippen LogP contribution >= 0.6 is 0 Å². The zero-order chi connectivity index (χ0) is 16.5. The molecular weight excluding hydrogens is 310 g/mol. The Labute approximate surface area is 138 Å². The highest BCUT2D eigenvalue weighted by atomic mass is 16.5. The van der Waals surface area contributed by atoms with E-state index < -0.39 is 5.97 Å². The Kier molecular flexibility index (Phi) is 3.87. The van der Waals surface area contributed by atoms with Gasteiger partial charge in [-0.25, -0.2) is 9.97 Å². The second-order valence-corrected chi connectivity index (χ2v) is 6.47. The lowest BCUT2D eigenvalue weighted by Crippen LogP contribution is -2.36. The molecule has 2 aromatic heterocycles. The van der Waals surface area contributed by atoms with E-state index in [9.17, 15) is 4.79 Å². The summed E-state index contributed by atoms with van der Waals surface area (Å²) >= 11 is 0. The number of aromatic nitrogens is 4. The molecule has 4 rings (SSSR count). The number of carboxylic acids is 1. The van der Waals surface area contributed by atoms with E-state index in [0.29, 0.717) is 17.6 Å². The van der Waals surface area contributed by atoms with Crippen LogP contribution in [0.1, 0.15) is 54.9 Å². The van der Waals surface area contributed by atoms with E-state index in [1.807, 2.05) is 0 Å². The van der Waals surface area contributed by atoms with Gasteiger partial charge in [0.1, 0.15) is 0 Å². The van der Waals surface area contributed by atoms with Crippen LogP contribution in [0.15, 0.2) is 16.8 Å². The van der Waals surface area contributed by atoms with Gasteiger partial charge in [0.15, 0.2) is 5.82 Å². The summed E-state index contributed by atoms with van der Waals surface area (Å²) in [5.74, 6) is 1.87. The van der Waals surface area contributed by atoms with Crippen molar-refractivity contribution in [3.63, 3.8) is 0 Å². The fourth-order valence-electron chi connectivity index (χ4n) is 3.07. The van der Waals surface area contributed by atoms with Crippen LogP contribution in [0.4, 0.5) is 5.95 Å². The summed E-state index contributed by atoms with van der Waals surface area (Å²) in [4.78, 5) is 26.2. The molecule has 1 atom stereocenters. The normalized spacial score (nSPS) is 21.0. The predicted octanol–water partition coefficient (Wildman–Crippen LogP) is 1.75. The number of nitrogens with zero attached hydrogens (tertiary/aromatic N) is 5. The molecule has 1 aliphatic heterocycles. The fourth-order valence-corrected chi connectivity index (χ4v) is 3.07. The number of anilines is 1. The average Bonchev–Trinajstić information content (AvgIpc) is 3.32. The van der Waals surface area contributed by atoms with E-state index in [0.717, 1.165) is 50.5 Å². The highest BCUT2D eigenvalue weighted by molar-refractivity contribution is 5.69. The number of hydrogen-bond donors (Lipinski definition) is 1. The molecule has 0 radical (unpaired) electrons. The molecule has 1 saturated carbocycles. The van der Waals surface area contributed by atoms with Crippen molar-refractivity contribution < 1.29 is 14.4 Å². The molecule has 1 unspecified atom stereocenters. The lowest BCUT2D eigenvalue weighted by Gasteiger charge is -2.31. The maximum absolute atomic E-state index is 10.9. The van der Waals surface area contributed by atoms with Crippen LogP contribution in [-0.4, -0.2) is 44.3 Å².